The fraction of sp³-hybridized carbons (Fsp3) is 0.462. The van der Waals surface area contributed by atoms with Gasteiger partial charge in [-0.3, -0.25) is 9.69 Å². The standard InChI is InChI=1S/C26H34N4O/c1-5-28-11-13-29(14-12-28)18-26(31)30-25(23-16-20(3)9-10-21(23)4)17-24(27-30)22-8-6-7-19(2)15-22/h6-10,15-16,25H,5,11-14,17-18H2,1-4H3/t25-/m1/s1. The molecule has 0 unspecified atom stereocenters. The van der Waals surface area contributed by atoms with E-state index < -0.39 is 0 Å². The quantitative estimate of drug-likeness (QED) is 0.739. The van der Waals surface area contributed by atoms with Gasteiger partial charge in [0.25, 0.3) is 5.91 Å². The van der Waals surface area contributed by atoms with E-state index in [1.807, 2.05) is 0 Å². The topological polar surface area (TPSA) is 39.1 Å². The zero-order valence-electron chi connectivity index (χ0n) is 19.3. The molecular weight excluding hydrogens is 384 g/mol. The number of benzene rings is 2. The largest absolute Gasteiger partial charge is 0.301 e. The predicted molar refractivity (Wildman–Crippen MR) is 126 cm³/mol. The van der Waals surface area contributed by atoms with Gasteiger partial charge in [0, 0.05) is 32.6 Å². The molecule has 0 radical (unpaired) electrons. The Morgan fingerprint density at radius 1 is 0.968 bits per heavy atom. The van der Waals surface area contributed by atoms with Gasteiger partial charge in [0.15, 0.2) is 0 Å². The highest BCUT2D eigenvalue weighted by Gasteiger charge is 2.34. The van der Waals surface area contributed by atoms with Gasteiger partial charge in [-0.1, -0.05) is 60.5 Å². The summed E-state index contributed by atoms with van der Waals surface area (Å²) in [5.74, 6) is 0.0958. The van der Waals surface area contributed by atoms with E-state index in [2.05, 4.69) is 80.0 Å². The number of nitrogens with zero attached hydrogens (tertiary/aromatic N) is 4. The van der Waals surface area contributed by atoms with Crippen LogP contribution in [-0.2, 0) is 4.79 Å². The van der Waals surface area contributed by atoms with Crippen molar-refractivity contribution in [2.45, 2.75) is 40.2 Å². The molecule has 2 aromatic carbocycles. The third-order valence-corrected chi connectivity index (χ3v) is 6.58. The molecule has 1 saturated heterocycles. The first kappa shape index (κ1) is 21.7. The number of likely N-dealkylation sites (N-methyl/N-ethyl adjacent to an activating group) is 1. The first-order valence-corrected chi connectivity index (χ1v) is 11.4. The molecule has 1 atom stereocenters. The Balaban J connectivity index is 1.60. The minimum Gasteiger partial charge on any atom is -0.301 e. The van der Waals surface area contributed by atoms with E-state index >= 15 is 0 Å². The maximum Gasteiger partial charge on any atom is 0.257 e. The van der Waals surface area contributed by atoms with Gasteiger partial charge in [-0.15, -0.1) is 0 Å². The second kappa shape index (κ2) is 9.33. The van der Waals surface area contributed by atoms with Crippen LogP contribution in [0.4, 0.5) is 0 Å². The molecule has 0 aliphatic carbocycles. The van der Waals surface area contributed by atoms with Crippen LogP contribution >= 0.6 is 0 Å². The van der Waals surface area contributed by atoms with E-state index in [-0.39, 0.29) is 11.9 Å². The molecule has 1 amide bonds. The van der Waals surface area contributed by atoms with Crippen LogP contribution in [0.25, 0.3) is 0 Å². The van der Waals surface area contributed by atoms with Gasteiger partial charge >= 0.3 is 0 Å². The van der Waals surface area contributed by atoms with Crippen molar-refractivity contribution in [1.29, 1.82) is 0 Å². The number of hydrogen-bond acceptors (Lipinski definition) is 4. The van der Waals surface area contributed by atoms with E-state index in [4.69, 9.17) is 5.10 Å². The summed E-state index contributed by atoms with van der Waals surface area (Å²) in [6.45, 7) is 14.0. The second-order valence-corrected chi connectivity index (χ2v) is 8.94. The van der Waals surface area contributed by atoms with Crippen LogP contribution in [0.1, 0.15) is 47.2 Å². The van der Waals surface area contributed by atoms with Crippen molar-refractivity contribution in [3.05, 3.63) is 70.3 Å². The Hall–Kier alpha value is -2.50. The lowest BCUT2D eigenvalue weighted by molar-refractivity contribution is -0.134. The molecule has 2 heterocycles. The Labute approximate surface area is 186 Å². The molecule has 0 saturated carbocycles. The van der Waals surface area contributed by atoms with E-state index in [1.165, 1.54) is 22.3 Å². The highest BCUT2D eigenvalue weighted by atomic mass is 16.2. The SMILES string of the molecule is CCN1CCN(CC(=O)N2N=C(c3cccc(C)c3)C[C@@H]2c2cc(C)ccc2C)CC1. The molecule has 31 heavy (non-hydrogen) atoms. The summed E-state index contributed by atoms with van der Waals surface area (Å²) in [7, 11) is 0. The fourth-order valence-corrected chi connectivity index (χ4v) is 4.63. The summed E-state index contributed by atoms with van der Waals surface area (Å²) in [4.78, 5) is 18.2. The van der Waals surface area contributed by atoms with Crippen molar-refractivity contribution in [1.82, 2.24) is 14.8 Å². The second-order valence-electron chi connectivity index (χ2n) is 8.94. The Bertz CT molecular complexity index is 975. The van der Waals surface area contributed by atoms with Crippen LogP contribution in [0.3, 0.4) is 0 Å². The summed E-state index contributed by atoms with van der Waals surface area (Å²) < 4.78 is 0. The Kier molecular flexibility index (Phi) is 6.54. The number of piperazine rings is 1. The van der Waals surface area contributed by atoms with Crippen LogP contribution in [0.5, 0.6) is 0 Å². The molecule has 1 fully saturated rings. The van der Waals surface area contributed by atoms with Gasteiger partial charge in [0.05, 0.1) is 18.3 Å². The molecule has 4 rings (SSSR count). The highest BCUT2D eigenvalue weighted by Crippen LogP contribution is 2.35. The van der Waals surface area contributed by atoms with Gasteiger partial charge < -0.3 is 4.90 Å². The number of aryl methyl sites for hydroxylation is 3. The van der Waals surface area contributed by atoms with E-state index in [9.17, 15) is 4.79 Å². The zero-order valence-corrected chi connectivity index (χ0v) is 19.3. The van der Waals surface area contributed by atoms with E-state index in [0.29, 0.717) is 6.54 Å². The maximum absolute atomic E-state index is 13.5. The highest BCUT2D eigenvalue weighted by molar-refractivity contribution is 6.03. The van der Waals surface area contributed by atoms with Crippen LogP contribution in [0, 0.1) is 20.8 Å². The van der Waals surface area contributed by atoms with Crippen molar-refractivity contribution in [3.8, 4) is 0 Å². The third kappa shape index (κ3) is 4.89. The van der Waals surface area contributed by atoms with Crippen LogP contribution in [-0.4, -0.2) is 65.7 Å². The minimum absolute atomic E-state index is 0.0418. The molecule has 164 valence electrons. The van der Waals surface area contributed by atoms with Gasteiger partial charge in [0.2, 0.25) is 0 Å². The molecule has 0 N–H and O–H groups in total. The Morgan fingerprint density at radius 3 is 2.39 bits per heavy atom. The lowest BCUT2D eigenvalue weighted by Crippen LogP contribution is -2.49. The summed E-state index contributed by atoms with van der Waals surface area (Å²) in [5, 5.41) is 6.66. The lowest BCUT2D eigenvalue weighted by atomic mass is 9.93. The Morgan fingerprint density at radius 2 is 1.68 bits per heavy atom. The first-order chi connectivity index (χ1) is 14.9. The van der Waals surface area contributed by atoms with E-state index in [0.717, 1.165) is 50.4 Å². The average molecular weight is 419 g/mol. The van der Waals surface area contributed by atoms with Gasteiger partial charge in [0.1, 0.15) is 0 Å². The number of hydrogen-bond donors (Lipinski definition) is 0. The molecule has 5 heteroatoms. The van der Waals surface area contributed by atoms with Crippen LogP contribution in [0.2, 0.25) is 0 Å². The van der Waals surface area contributed by atoms with Crippen LogP contribution < -0.4 is 0 Å². The first-order valence-electron chi connectivity index (χ1n) is 11.4. The summed E-state index contributed by atoms with van der Waals surface area (Å²) in [6.07, 6.45) is 0.753. The number of hydrazone groups is 1. The van der Waals surface area contributed by atoms with Gasteiger partial charge in [-0.05, 0) is 44.0 Å². The average Bonchev–Trinajstić information content (AvgIpc) is 3.21. The molecule has 0 spiro atoms. The summed E-state index contributed by atoms with van der Waals surface area (Å²) >= 11 is 0. The molecule has 5 nitrogen and oxygen atoms in total. The molecular formula is C26H34N4O. The van der Waals surface area contributed by atoms with Crippen molar-refractivity contribution in [3.63, 3.8) is 0 Å². The lowest BCUT2D eigenvalue weighted by Gasteiger charge is -2.34. The molecule has 0 bridgehead atoms. The summed E-state index contributed by atoms with van der Waals surface area (Å²) in [5.41, 5.74) is 6.96. The maximum atomic E-state index is 13.5. The number of rotatable bonds is 5. The minimum atomic E-state index is -0.0418. The predicted octanol–water partition coefficient (Wildman–Crippen LogP) is 3.93. The molecule has 2 aromatic rings. The third-order valence-electron chi connectivity index (χ3n) is 6.58. The number of carbonyl (C=O) groups excluding carboxylic acids is 1. The normalized spacial score (nSPS) is 20.2. The zero-order chi connectivity index (χ0) is 22.0. The fourth-order valence-electron chi connectivity index (χ4n) is 4.63. The number of carbonyl (C=O) groups is 1. The smallest absolute Gasteiger partial charge is 0.257 e. The molecule has 0 aromatic heterocycles. The number of amides is 1. The monoisotopic (exact) mass is 418 g/mol. The summed E-state index contributed by atoms with van der Waals surface area (Å²) in [6, 6.07) is 14.9. The van der Waals surface area contributed by atoms with Crippen molar-refractivity contribution in [2.24, 2.45) is 5.10 Å². The van der Waals surface area contributed by atoms with Crippen LogP contribution in [0.15, 0.2) is 47.6 Å². The van der Waals surface area contributed by atoms with Gasteiger partial charge in [-0.25, -0.2) is 5.01 Å². The van der Waals surface area contributed by atoms with Crippen molar-refractivity contribution in [2.75, 3.05) is 39.3 Å². The van der Waals surface area contributed by atoms with Crippen molar-refractivity contribution >= 4 is 11.6 Å². The molecule has 2 aliphatic heterocycles. The van der Waals surface area contributed by atoms with E-state index in [1.54, 1.807) is 5.01 Å². The molecule has 2 aliphatic rings. The van der Waals surface area contributed by atoms with Crippen molar-refractivity contribution < 1.29 is 4.79 Å². The van der Waals surface area contributed by atoms with Gasteiger partial charge in [-0.2, -0.15) is 5.10 Å².